The molecule has 12 heteroatoms. The summed E-state index contributed by atoms with van der Waals surface area (Å²) in [6.07, 6.45) is 7.45. The Labute approximate surface area is 192 Å². The zero-order chi connectivity index (χ0) is 23.1. The third-order valence-corrected chi connectivity index (χ3v) is 6.33. The highest BCUT2D eigenvalue weighted by Gasteiger charge is 2.27. The fourth-order valence-corrected chi connectivity index (χ4v) is 4.56. The lowest BCUT2D eigenvalue weighted by Crippen LogP contribution is -2.33. The van der Waals surface area contributed by atoms with Crippen molar-refractivity contribution in [2.24, 2.45) is 0 Å². The van der Waals surface area contributed by atoms with E-state index in [0.29, 0.717) is 36.3 Å². The zero-order valence-electron chi connectivity index (χ0n) is 18.0. The number of hydrogen-bond donors (Lipinski definition) is 1. The Kier molecular flexibility index (Phi) is 5.12. The lowest BCUT2D eigenvalue weighted by atomic mass is 9.96. The molecule has 3 aromatic heterocycles. The quantitative estimate of drug-likeness (QED) is 0.470. The first-order valence-corrected chi connectivity index (χ1v) is 11.0. The number of benzene rings is 1. The van der Waals surface area contributed by atoms with Crippen LogP contribution < -0.4 is 10.2 Å². The molecule has 1 saturated heterocycles. The molecule has 0 saturated carbocycles. The van der Waals surface area contributed by atoms with Crippen molar-refractivity contribution in [3.63, 3.8) is 0 Å². The maximum Gasteiger partial charge on any atom is 0.318 e. The molecule has 6 rings (SSSR count). The lowest BCUT2D eigenvalue weighted by Gasteiger charge is -2.28. The van der Waals surface area contributed by atoms with E-state index in [1.54, 1.807) is 12.4 Å². The van der Waals surface area contributed by atoms with E-state index >= 15 is 0 Å². The highest BCUT2D eigenvalue weighted by Crippen LogP contribution is 2.30. The second kappa shape index (κ2) is 8.43. The topological polar surface area (TPSA) is 119 Å². The molecule has 1 aliphatic heterocycles. The summed E-state index contributed by atoms with van der Waals surface area (Å²) in [6.45, 7) is 1.50. The van der Waals surface area contributed by atoms with Crippen LogP contribution in [0.25, 0.3) is 11.5 Å². The summed E-state index contributed by atoms with van der Waals surface area (Å²) in [5.41, 5.74) is 2.20. The molecule has 174 valence electrons. The Hall–Kier alpha value is -3.96. The number of nitrogens with zero attached hydrogens (tertiary/aromatic N) is 7. The largest absolute Gasteiger partial charge is 0.403 e. The first-order valence-electron chi connectivity index (χ1n) is 11.0. The third-order valence-electron chi connectivity index (χ3n) is 6.33. The van der Waals surface area contributed by atoms with Gasteiger partial charge in [0, 0.05) is 37.4 Å². The van der Waals surface area contributed by atoms with Crippen molar-refractivity contribution in [2.75, 3.05) is 23.3 Å². The Morgan fingerprint density at radius 1 is 0.941 bits per heavy atom. The molecule has 1 aromatic carbocycles. The van der Waals surface area contributed by atoms with Crippen molar-refractivity contribution < 1.29 is 17.7 Å². The van der Waals surface area contributed by atoms with Crippen LogP contribution in [0.4, 0.5) is 20.7 Å². The first-order chi connectivity index (χ1) is 16.6. The predicted octanol–water partition coefficient (Wildman–Crippen LogP) is 3.15. The molecule has 0 atom stereocenters. The van der Waals surface area contributed by atoms with Crippen molar-refractivity contribution in [3.8, 4) is 11.5 Å². The van der Waals surface area contributed by atoms with Gasteiger partial charge in [-0.05, 0) is 48.9 Å². The molecule has 1 N–H and O–H groups in total. The van der Waals surface area contributed by atoms with E-state index in [1.165, 1.54) is 18.5 Å². The molecule has 4 aromatic rings. The third kappa shape index (κ3) is 3.95. The second-order valence-electron chi connectivity index (χ2n) is 8.52. The molecule has 0 unspecified atom stereocenters. The van der Waals surface area contributed by atoms with Crippen LogP contribution in [0.3, 0.4) is 0 Å². The van der Waals surface area contributed by atoms with Gasteiger partial charge in [-0.3, -0.25) is 0 Å². The maximum atomic E-state index is 13.5. The van der Waals surface area contributed by atoms with E-state index in [9.17, 15) is 8.78 Å². The highest BCUT2D eigenvalue weighted by molar-refractivity contribution is 5.52. The van der Waals surface area contributed by atoms with Crippen LogP contribution in [-0.4, -0.2) is 49.4 Å². The van der Waals surface area contributed by atoms with Gasteiger partial charge in [0.05, 0.1) is 5.56 Å². The summed E-state index contributed by atoms with van der Waals surface area (Å²) in [5, 5.41) is 15.5. The van der Waals surface area contributed by atoms with Crippen molar-refractivity contribution >= 4 is 12.0 Å². The number of piperidine rings is 1. The van der Waals surface area contributed by atoms with E-state index < -0.39 is 11.6 Å². The summed E-state index contributed by atoms with van der Waals surface area (Å²) < 4.78 is 37.7. The number of anilines is 2. The monoisotopic (exact) mass is 466 g/mol. The standard InChI is InChI=1S/C22H20F2N8O2/c23-17-7-13-5-16(6-14(13)8-18(17)24)28-21-25-9-15(10-26-21)20-29-30-22(34-20)32-3-1-12(2-4-32)19-27-11-33-31-19/h7-12,16H,1-6H2,(H,25,26,28). The smallest absolute Gasteiger partial charge is 0.318 e. The maximum absolute atomic E-state index is 13.5. The number of aromatic nitrogens is 6. The minimum Gasteiger partial charge on any atom is -0.403 e. The molecule has 2 aliphatic rings. The molecular formula is C22H20F2N8O2. The Bertz CT molecular complexity index is 1260. The van der Waals surface area contributed by atoms with Crippen molar-refractivity contribution in [2.45, 2.75) is 37.6 Å². The molecule has 10 nitrogen and oxygen atoms in total. The summed E-state index contributed by atoms with van der Waals surface area (Å²) in [5.74, 6) is 0.103. The average molecular weight is 466 g/mol. The molecule has 1 aliphatic carbocycles. The molecule has 0 bridgehead atoms. The molecule has 0 spiro atoms. The highest BCUT2D eigenvalue weighted by atomic mass is 19.2. The Morgan fingerprint density at radius 2 is 1.65 bits per heavy atom. The average Bonchev–Trinajstić information content (AvgIpc) is 3.61. The van der Waals surface area contributed by atoms with Gasteiger partial charge in [-0.1, -0.05) is 10.3 Å². The molecule has 4 heterocycles. The van der Waals surface area contributed by atoms with Crippen molar-refractivity contribution in [1.82, 2.24) is 30.3 Å². The SMILES string of the molecule is Fc1cc2c(cc1F)CC(Nc1ncc(-c3nnc(N4CCC(c5ncon5)CC4)o3)cn1)C2. The molecule has 0 amide bonds. The van der Waals surface area contributed by atoms with Crippen LogP contribution in [0.5, 0.6) is 0 Å². The van der Waals surface area contributed by atoms with Crippen LogP contribution in [0, 0.1) is 11.6 Å². The van der Waals surface area contributed by atoms with E-state index in [-0.39, 0.29) is 12.0 Å². The fourth-order valence-electron chi connectivity index (χ4n) is 4.56. The summed E-state index contributed by atoms with van der Waals surface area (Å²) in [6, 6.07) is 2.94. The Morgan fingerprint density at radius 3 is 2.29 bits per heavy atom. The summed E-state index contributed by atoms with van der Waals surface area (Å²) in [7, 11) is 0. The van der Waals surface area contributed by atoms with Crippen LogP contribution in [0.2, 0.25) is 0 Å². The number of hydrogen-bond acceptors (Lipinski definition) is 10. The number of fused-ring (bicyclic) bond motifs is 1. The minimum atomic E-state index is -0.824. The van der Waals surface area contributed by atoms with Crippen molar-refractivity contribution in [1.29, 1.82) is 0 Å². The summed E-state index contributed by atoms with van der Waals surface area (Å²) >= 11 is 0. The van der Waals surface area contributed by atoms with E-state index in [2.05, 4.69) is 35.6 Å². The summed E-state index contributed by atoms with van der Waals surface area (Å²) in [4.78, 5) is 14.9. The second-order valence-corrected chi connectivity index (χ2v) is 8.52. The van der Waals surface area contributed by atoms with Crippen molar-refractivity contribution in [3.05, 3.63) is 59.5 Å². The van der Waals surface area contributed by atoms with E-state index in [1.807, 2.05) is 4.90 Å². The molecule has 0 radical (unpaired) electrons. The molecular weight excluding hydrogens is 446 g/mol. The van der Waals surface area contributed by atoms with Gasteiger partial charge in [-0.15, -0.1) is 5.10 Å². The number of rotatable bonds is 5. The van der Waals surface area contributed by atoms with Gasteiger partial charge < -0.3 is 19.2 Å². The van der Waals surface area contributed by atoms with Crippen LogP contribution in [0.1, 0.15) is 35.7 Å². The molecule has 1 fully saturated rings. The van der Waals surface area contributed by atoms with Crippen LogP contribution >= 0.6 is 0 Å². The number of nitrogens with one attached hydrogen (secondary N) is 1. The predicted molar refractivity (Wildman–Crippen MR) is 115 cm³/mol. The lowest BCUT2D eigenvalue weighted by molar-refractivity contribution is 0.389. The normalized spacial score (nSPS) is 16.7. The molecule has 34 heavy (non-hydrogen) atoms. The van der Waals surface area contributed by atoms with Gasteiger partial charge in [0.1, 0.15) is 0 Å². The fraction of sp³-hybridized carbons (Fsp3) is 0.364. The van der Waals surface area contributed by atoms with Gasteiger partial charge in [0.15, 0.2) is 17.5 Å². The van der Waals surface area contributed by atoms with Gasteiger partial charge in [-0.2, -0.15) is 4.98 Å². The van der Waals surface area contributed by atoms with Gasteiger partial charge in [0.2, 0.25) is 12.3 Å². The minimum absolute atomic E-state index is 0.0348. The van der Waals surface area contributed by atoms with Gasteiger partial charge in [0.25, 0.3) is 5.89 Å². The Balaban J connectivity index is 1.07. The van der Waals surface area contributed by atoms with Crippen LogP contribution in [0.15, 0.2) is 39.9 Å². The van der Waals surface area contributed by atoms with Gasteiger partial charge >= 0.3 is 6.01 Å². The zero-order valence-corrected chi connectivity index (χ0v) is 18.0. The van der Waals surface area contributed by atoms with E-state index in [0.717, 1.165) is 42.9 Å². The van der Waals surface area contributed by atoms with Crippen LogP contribution in [-0.2, 0) is 12.8 Å². The van der Waals surface area contributed by atoms with E-state index in [4.69, 9.17) is 8.94 Å². The number of halogens is 2. The van der Waals surface area contributed by atoms with Gasteiger partial charge in [-0.25, -0.2) is 18.7 Å². The first kappa shape index (κ1) is 20.6.